The molecule has 0 aliphatic carbocycles. The monoisotopic (exact) mass is 421 g/mol. The third-order valence-corrected chi connectivity index (χ3v) is 5.88. The number of nitrogens with zero attached hydrogens (tertiary/aromatic N) is 3. The molecule has 7 nitrogen and oxygen atoms in total. The highest BCUT2D eigenvalue weighted by atomic mass is 16.5. The average Bonchev–Trinajstić information content (AvgIpc) is 3.20. The molecular weight excluding hydrogens is 390 g/mol. The van der Waals surface area contributed by atoms with Gasteiger partial charge in [-0.25, -0.2) is 0 Å². The highest BCUT2D eigenvalue weighted by molar-refractivity contribution is 5.85. The summed E-state index contributed by atoms with van der Waals surface area (Å²) in [6.07, 6.45) is 2.80. The number of carbonyl (C=O) groups is 1. The lowest BCUT2D eigenvalue weighted by atomic mass is 10.1. The number of fused-ring (bicyclic) bond motifs is 1. The van der Waals surface area contributed by atoms with Gasteiger partial charge in [0.15, 0.2) is 6.61 Å². The van der Waals surface area contributed by atoms with E-state index in [1.807, 2.05) is 43.4 Å². The molecule has 0 atom stereocenters. The standard InChI is InChI=1S/C24H31N5O2/c1-27(2)19-3-5-20(6-4-19)28-11-13-29(14-12-28)24(30)17-31-21-7-8-23-22(15-21)18(9-10-25)16-26-23/h3-8,15-16,26H,9-14,17,25H2,1-2H3. The van der Waals surface area contributed by atoms with Crippen molar-refractivity contribution in [2.75, 3.05) is 63.2 Å². The van der Waals surface area contributed by atoms with E-state index in [4.69, 9.17) is 10.5 Å². The Kier molecular flexibility index (Phi) is 6.32. The maximum atomic E-state index is 12.7. The van der Waals surface area contributed by atoms with Gasteiger partial charge in [-0.3, -0.25) is 4.79 Å². The molecule has 4 rings (SSSR count). The number of amides is 1. The Morgan fingerprint density at radius 3 is 2.52 bits per heavy atom. The van der Waals surface area contributed by atoms with Crippen LogP contribution in [-0.4, -0.2) is 69.2 Å². The van der Waals surface area contributed by atoms with Crippen molar-refractivity contribution in [2.24, 2.45) is 5.73 Å². The van der Waals surface area contributed by atoms with Gasteiger partial charge in [-0.15, -0.1) is 0 Å². The van der Waals surface area contributed by atoms with Gasteiger partial charge in [0.05, 0.1) is 0 Å². The number of benzene rings is 2. The Hall–Kier alpha value is -3.19. The van der Waals surface area contributed by atoms with Crippen LogP contribution in [0.4, 0.5) is 11.4 Å². The van der Waals surface area contributed by atoms with E-state index in [1.54, 1.807) is 0 Å². The maximum absolute atomic E-state index is 12.7. The SMILES string of the molecule is CN(C)c1ccc(N2CCN(C(=O)COc3ccc4[nH]cc(CCN)c4c3)CC2)cc1. The molecule has 2 heterocycles. The predicted molar refractivity (Wildman–Crippen MR) is 126 cm³/mol. The van der Waals surface area contributed by atoms with E-state index in [1.165, 1.54) is 16.9 Å². The number of rotatable bonds is 7. The van der Waals surface area contributed by atoms with Crippen LogP contribution in [0.3, 0.4) is 0 Å². The molecule has 0 bridgehead atoms. The highest BCUT2D eigenvalue weighted by Gasteiger charge is 2.21. The zero-order valence-electron chi connectivity index (χ0n) is 18.3. The van der Waals surface area contributed by atoms with Crippen molar-refractivity contribution < 1.29 is 9.53 Å². The summed E-state index contributed by atoms with van der Waals surface area (Å²) in [5, 5.41) is 1.10. The van der Waals surface area contributed by atoms with E-state index in [0.29, 0.717) is 25.4 Å². The lowest BCUT2D eigenvalue weighted by Gasteiger charge is -2.36. The number of anilines is 2. The Bertz CT molecular complexity index is 1020. The van der Waals surface area contributed by atoms with E-state index in [2.05, 4.69) is 39.0 Å². The minimum absolute atomic E-state index is 0.0268. The van der Waals surface area contributed by atoms with E-state index in [0.717, 1.165) is 30.4 Å². The van der Waals surface area contributed by atoms with Gasteiger partial charge >= 0.3 is 0 Å². The Morgan fingerprint density at radius 1 is 1.10 bits per heavy atom. The zero-order valence-corrected chi connectivity index (χ0v) is 18.3. The third-order valence-electron chi connectivity index (χ3n) is 5.88. The Labute approximate surface area is 183 Å². The first kappa shape index (κ1) is 21.1. The summed E-state index contributed by atoms with van der Waals surface area (Å²) in [6, 6.07) is 14.4. The van der Waals surface area contributed by atoms with Gasteiger partial charge in [-0.05, 0) is 61.0 Å². The van der Waals surface area contributed by atoms with E-state index in [9.17, 15) is 4.79 Å². The summed E-state index contributed by atoms with van der Waals surface area (Å²) in [4.78, 5) is 22.2. The molecule has 1 saturated heterocycles. The zero-order chi connectivity index (χ0) is 21.8. The van der Waals surface area contributed by atoms with Crippen molar-refractivity contribution in [3.05, 3.63) is 54.2 Å². The van der Waals surface area contributed by atoms with Crippen molar-refractivity contribution in [2.45, 2.75) is 6.42 Å². The summed E-state index contributed by atoms with van der Waals surface area (Å²) in [7, 11) is 4.08. The first-order chi connectivity index (χ1) is 15.0. The maximum Gasteiger partial charge on any atom is 0.260 e. The topological polar surface area (TPSA) is 77.8 Å². The largest absolute Gasteiger partial charge is 0.484 e. The highest BCUT2D eigenvalue weighted by Crippen LogP contribution is 2.24. The molecule has 3 aromatic rings. The first-order valence-corrected chi connectivity index (χ1v) is 10.8. The number of ether oxygens (including phenoxy) is 1. The number of nitrogens with two attached hydrogens (primary N) is 1. The molecule has 1 aliphatic rings. The van der Waals surface area contributed by atoms with E-state index < -0.39 is 0 Å². The lowest BCUT2D eigenvalue weighted by molar-refractivity contribution is -0.133. The molecule has 164 valence electrons. The molecule has 2 aromatic carbocycles. The fourth-order valence-electron chi connectivity index (χ4n) is 4.02. The van der Waals surface area contributed by atoms with Crippen molar-refractivity contribution in [3.8, 4) is 5.75 Å². The van der Waals surface area contributed by atoms with Crippen molar-refractivity contribution in [1.82, 2.24) is 9.88 Å². The van der Waals surface area contributed by atoms with Crippen molar-refractivity contribution >= 4 is 28.2 Å². The second-order valence-electron chi connectivity index (χ2n) is 8.13. The molecule has 1 amide bonds. The smallest absolute Gasteiger partial charge is 0.260 e. The quantitative estimate of drug-likeness (QED) is 0.613. The van der Waals surface area contributed by atoms with Crippen molar-refractivity contribution in [1.29, 1.82) is 0 Å². The van der Waals surface area contributed by atoms with Crippen LogP contribution in [0.15, 0.2) is 48.7 Å². The summed E-state index contributed by atoms with van der Waals surface area (Å²) in [5.41, 5.74) is 10.3. The van der Waals surface area contributed by atoms with Crippen LogP contribution in [0.25, 0.3) is 10.9 Å². The molecule has 0 saturated carbocycles. The van der Waals surface area contributed by atoms with Crippen LogP contribution >= 0.6 is 0 Å². The summed E-state index contributed by atoms with van der Waals surface area (Å²) >= 11 is 0. The van der Waals surface area contributed by atoms with Gasteiger partial charge in [-0.1, -0.05) is 0 Å². The predicted octanol–water partition coefficient (Wildman–Crippen LogP) is 2.46. The number of hydrogen-bond acceptors (Lipinski definition) is 5. The van der Waals surface area contributed by atoms with Gasteiger partial charge < -0.3 is 30.2 Å². The van der Waals surface area contributed by atoms with E-state index >= 15 is 0 Å². The first-order valence-electron chi connectivity index (χ1n) is 10.8. The molecule has 31 heavy (non-hydrogen) atoms. The summed E-state index contributed by atoms with van der Waals surface area (Å²) < 4.78 is 5.82. The normalized spacial score (nSPS) is 14.2. The summed E-state index contributed by atoms with van der Waals surface area (Å²) in [6.45, 7) is 3.71. The van der Waals surface area contributed by atoms with Crippen LogP contribution in [0.5, 0.6) is 5.75 Å². The van der Waals surface area contributed by atoms with Crippen LogP contribution in [0, 0.1) is 0 Å². The molecule has 0 unspecified atom stereocenters. The number of carbonyl (C=O) groups excluding carboxylic acids is 1. The summed E-state index contributed by atoms with van der Waals surface area (Å²) in [5.74, 6) is 0.734. The van der Waals surface area contributed by atoms with Crippen LogP contribution < -0.4 is 20.3 Å². The van der Waals surface area contributed by atoms with Crippen molar-refractivity contribution in [3.63, 3.8) is 0 Å². The second kappa shape index (κ2) is 9.31. The number of aromatic amines is 1. The minimum Gasteiger partial charge on any atom is -0.484 e. The Balaban J connectivity index is 1.30. The second-order valence-corrected chi connectivity index (χ2v) is 8.13. The van der Waals surface area contributed by atoms with Crippen LogP contribution in [0.1, 0.15) is 5.56 Å². The number of nitrogens with one attached hydrogen (secondary N) is 1. The molecule has 1 fully saturated rings. The number of aromatic nitrogens is 1. The molecule has 0 spiro atoms. The van der Waals surface area contributed by atoms with Gasteiger partial charge in [-0.2, -0.15) is 0 Å². The van der Waals surface area contributed by atoms with Gasteiger partial charge in [0.25, 0.3) is 5.91 Å². The van der Waals surface area contributed by atoms with Gasteiger partial charge in [0.1, 0.15) is 5.75 Å². The minimum atomic E-state index is 0.0268. The molecule has 0 radical (unpaired) electrons. The van der Waals surface area contributed by atoms with E-state index in [-0.39, 0.29) is 12.5 Å². The fraction of sp³-hybridized carbons (Fsp3) is 0.375. The number of piperazine rings is 1. The van der Waals surface area contributed by atoms with Crippen LogP contribution in [-0.2, 0) is 11.2 Å². The molecule has 7 heteroatoms. The van der Waals surface area contributed by atoms with Crippen LogP contribution in [0.2, 0.25) is 0 Å². The van der Waals surface area contributed by atoms with Gasteiger partial charge in [0, 0.05) is 68.7 Å². The fourth-order valence-corrected chi connectivity index (χ4v) is 4.02. The molecule has 1 aliphatic heterocycles. The number of hydrogen-bond donors (Lipinski definition) is 2. The molecular formula is C24H31N5O2. The number of H-pyrrole nitrogens is 1. The lowest BCUT2D eigenvalue weighted by Crippen LogP contribution is -2.50. The molecule has 3 N–H and O–H groups in total. The third kappa shape index (κ3) is 4.77. The average molecular weight is 422 g/mol. The molecule has 1 aromatic heterocycles. The van der Waals surface area contributed by atoms with Gasteiger partial charge in [0.2, 0.25) is 0 Å². The Morgan fingerprint density at radius 2 is 1.84 bits per heavy atom.